The third kappa shape index (κ3) is 2.45. The largest absolute Gasteiger partial charge is 0.322 e. The Labute approximate surface area is 116 Å². The quantitative estimate of drug-likeness (QED) is 0.894. The fourth-order valence-corrected chi connectivity index (χ4v) is 2.83. The number of imidazole rings is 1. The zero-order valence-corrected chi connectivity index (χ0v) is 11.2. The summed E-state index contributed by atoms with van der Waals surface area (Å²) < 4.78 is 15.8. The van der Waals surface area contributed by atoms with Crippen LogP contribution in [-0.2, 0) is 0 Å². The van der Waals surface area contributed by atoms with Gasteiger partial charge in [0.05, 0.1) is 10.7 Å². The lowest BCUT2D eigenvalue weighted by Gasteiger charge is -2.16. The van der Waals surface area contributed by atoms with Crippen molar-refractivity contribution in [2.45, 2.75) is 31.7 Å². The van der Waals surface area contributed by atoms with Crippen molar-refractivity contribution in [2.75, 3.05) is 5.32 Å². The summed E-state index contributed by atoms with van der Waals surface area (Å²) in [5.74, 6) is 0.285. The number of hydrogen-bond acceptors (Lipinski definition) is 2. The molecular weight excluding hydrogens is 265 g/mol. The molecule has 3 nitrogen and oxygen atoms in total. The van der Waals surface area contributed by atoms with E-state index in [-0.39, 0.29) is 11.5 Å². The van der Waals surface area contributed by atoms with Gasteiger partial charge in [-0.1, -0.05) is 30.5 Å². The van der Waals surface area contributed by atoms with Crippen LogP contribution in [0.25, 0.3) is 0 Å². The van der Waals surface area contributed by atoms with Gasteiger partial charge >= 0.3 is 0 Å². The Balaban J connectivity index is 1.89. The lowest BCUT2D eigenvalue weighted by molar-refractivity contribution is 0.524. The van der Waals surface area contributed by atoms with Gasteiger partial charge in [-0.3, -0.25) is 0 Å². The number of nitrogens with one attached hydrogen (secondary N) is 1. The molecule has 19 heavy (non-hydrogen) atoms. The van der Waals surface area contributed by atoms with Crippen molar-refractivity contribution in [1.29, 1.82) is 0 Å². The minimum atomic E-state index is -0.367. The molecule has 1 aliphatic rings. The zero-order chi connectivity index (χ0) is 13.2. The minimum Gasteiger partial charge on any atom is -0.322 e. The molecule has 1 aromatic carbocycles. The highest BCUT2D eigenvalue weighted by Crippen LogP contribution is 2.33. The predicted molar refractivity (Wildman–Crippen MR) is 74.4 cm³/mol. The third-order valence-corrected chi connectivity index (χ3v) is 3.90. The molecule has 1 N–H and O–H groups in total. The van der Waals surface area contributed by atoms with Crippen molar-refractivity contribution >= 4 is 23.2 Å². The fraction of sp³-hybridized carbons (Fsp3) is 0.357. The molecule has 0 radical (unpaired) electrons. The van der Waals surface area contributed by atoms with Gasteiger partial charge in [0.2, 0.25) is 5.95 Å². The van der Waals surface area contributed by atoms with E-state index in [0.717, 1.165) is 12.8 Å². The molecule has 0 aliphatic heterocycles. The number of anilines is 2. The first-order valence-electron chi connectivity index (χ1n) is 6.49. The van der Waals surface area contributed by atoms with E-state index in [1.165, 1.54) is 18.9 Å². The summed E-state index contributed by atoms with van der Waals surface area (Å²) in [4.78, 5) is 4.26. The molecule has 2 aromatic rings. The smallest absolute Gasteiger partial charge is 0.207 e. The molecule has 0 unspecified atom stereocenters. The van der Waals surface area contributed by atoms with Crippen LogP contribution in [0.4, 0.5) is 16.0 Å². The minimum absolute atomic E-state index is 0.287. The number of aromatic nitrogens is 2. The summed E-state index contributed by atoms with van der Waals surface area (Å²) in [6.07, 6.45) is 8.44. The molecule has 0 atom stereocenters. The lowest BCUT2D eigenvalue weighted by atomic mass is 10.2. The van der Waals surface area contributed by atoms with Gasteiger partial charge in [0.25, 0.3) is 0 Å². The monoisotopic (exact) mass is 279 g/mol. The van der Waals surface area contributed by atoms with Crippen LogP contribution in [0.3, 0.4) is 0 Å². The Morgan fingerprint density at radius 2 is 2.11 bits per heavy atom. The van der Waals surface area contributed by atoms with Crippen LogP contribution < -0.4 is 5.32 Å². The first-order chi connectivity index (χ1) is 9.25. The molecule has 1 saturated carbocycles. The molecule has 1 aliphatic carbocycles. The first kappa shape index (κ1) is 12.5. The number of nitrogens with zero attached hydrogens (tertiary/aromatic N) is 2. The van der Waals surface area contributed by atoms with Crippen molar-refractivity contribution in [3.8, 4) is 0 Å². The average Bonchev–Trinajstić information content (AvgIpc) is 3.04. The van der Waals surface area contributed by atoms with E-state index in [4.69, 9.17) is 11.6 Å². The number of para-hydroxylation sites is 1. The third-order valence-electron chi connectivity index (χ3n) is 3.59. The van der Waals surface area contributed by atoms with Crippen LogP contribution in [0, 0.1) is 5.82 Å². The highest BCUT2D eigenvalue weighted by atomic mass is 35.5. The first-order valence-corrected chi connectivity index (χ1v) is 6.87. The average molecular weight is 280 g/mol. The molecule has 1 fully saturated rings. The van der Waals surface area contributed by atoms with Crippen molar-refractivity contribution in [3.05, 3.63) is 41.4 Å². The van der Waals surface area contributed by atoms with Crippen molar-refractivity contribution in [1.82, 2.24) is 9.55 Å². The summed E-state index contributed by atoms with van der Waals surface area (Å²) in [6, 6.07) is 5.09. The Morgan fingerprint density at radius 1 is 1.32 bits per heavy atom. The van der Waals surface area contributed by atoms with E-state index in [2.05, 4.69) is 14.9 Å². The maximum absolute atomic E-state index is 13.8. The molecule has 0 amide bonds. The fourth-order valence-electron chi connectivity index (χ4n) is 2.62. The normalized spacial score (nSPS) is 15.9. The Hall–Kier alpha value is -1.55. The molecule has 100 valence electrons. The number of benzene rings is 1. The molecular formula is C14H15ClFN3. The number of hydrogen-bond donors (Lipinski definition) is 1. The lowest BCUT2D eigenvalue weighted by Crippen LogP contribution is -2.08. The molecule has 3 rings (SSSR count). The van der Waals surface area contributed by atoms with Crippen molar-refractivity contribution in [3.63, 3.8) is 0 Å². The van der Waals surface area contributed by atoms with E-state index in [0.29, 0.717) is 17.0 Å². The molecule has 0 spiro atoms. The van der Waals surface area contributed by atoms with Crippen LogP contribution in [0.2, 0.25) is 5.02 Å². The van der Waals surface area contributed by atoms with E-state index in [1.54, 1.807) is 18.3 Å². The van der Waals surface area contributed by atoms with Gasteiger partial charge < -0.3 is 9.88 Å². The second-order valence-electron chi connectivity index (χ2n) is 4.82. The predicted octanol–water partition coefficient (Wildman–Crippen LogP) is 4.53. The van der Waals surface area contributed by atoms with Gasteiger partial charge in [-0.15, -0.1) is 0 Å². The van der Waals surface area contributed by atoms with E-state index in [9.17, 15) is 4.39 Å². The standard InChI is InChI=1S/C14H15ClFN3/c15-11-6-3-7-12(16)13(11)18-14-17-8-9-19(14)10-4-1-2-5-10/h3,6-10H,1-2,4-5H2,(H,17,18). The summed E-state index contributed by atoms with van der Waals surface area (Å²) in [5, 5.41) is 3.37. The van der Waals surface area contributed by atoms with Crippen molar-refractivity contribution in [2.24, 2.45) is 0 Å². The highest BCUT2D eigenvalue weighted by Gasteiger charge is 2.20. The zero-order valence-electron chi connectivity index (χ0n) is 10.4. The van der Waals surface area contributed by atoms with E-state index >= 15 is 0 Å². The summed E-state index contributed by atoms with van der Waals surface area (Å²) in [6.45, 7) is 0. The summed E-state index contributed by atoms with van der Waals surface area (Å²) in [7, 11) is 0. The van der Waals surface area contributed by atoms with Crippen LogP contribution in [0.1, 0.15) is 31.7 Å². The van der Waals surface area contributed by atoms with Crippen LogP contribution in [0.5, 0.6) is 0 Å². The maximum Gasteiger partial charge on any atom is 0.207 e. The van der Waals surface area contributed by atoms with Gasteiger partial charge in [0, 0.05) is 18.4 Å². The second-order valence-corrected chi connectivity index (χ2v) is 5.23. The SMILES string of the molecule is Fc1cccc(Cl)c1Nc1nccn1C1CCCC1. The Morgan fingerprint density at radius 3 is 2.84 bits per heavy atom. The van der Waals surface area contributed by atoms with Crippen LogP contribution >= 0.6 is 11.6 Å². The van der Waals surface area contributed by atoms with Crippen LogP contribution in [-0.4, -0.2) is 9.55 Å². The summed E-state index contributed by atoms with van der Waals surface area (Å²) in [5.41, 5.74) is 0.287. The highest BCUT2D eigenvalue weighted by molar-refractivity contribution is 6.33. The van der Waals surface area contributed by atoms with Crippen LogP contribution in [0.15, 0.2) is 30.6 Å². The van der Waals surface area contributed by atoms with Gasteiger partial charge in [0.1, 0.15) is 5.82 Å². The Bertz CT molecular complexity index is 556. The second kappa shape index (κ2) is 5.21. The van der Waals surface area contributed by atoms with Gasteiger partial charge in [-0.25, -0.2) is 9.37 Å². The van der Waals surface area contributed by atoms with E-state index < -0.39 is 0 Å². The number of halogens is 2. The number of rotatable bonds is 3. The molecule has 1 heterocycles. The molecule has 0 bridgehead atoms. The molecule has 0 saturated heterocycles. The van der Waals surface area contributed by atoms with Gasteiger partial charge in [-0.2, -0.15) is 0 Å². The molecule has 5 heteroatoms. The molecule has 1 aromatic heterocycles. The maximum atomic E-state index is 13.8. The van der Waals surface area contributed by atoms with Gasteiger partial charge in [0.15, 0.2) is 0 Å². The van der Waals surface area contributed by atoms with Crippen molar-refractivity contribution < 1.29 is 4.39 Å². The van der Waals surface area contributed by atoms with Gasteiger partial charge in [-0.05, 0) is 25.0 Å². The summed E-state index contributed by atoms with van der Waals surface area (Å²) >= 11 is 6.02. The topological polar surface area (TPSA) is 29.9 Å². The Kier molecular flexibility index (Phi) is 3.42. The van der Waals surface area contributed by atoms with E-state index in [1.807, 2.05) is 6.20 Å².